The van der Waals surface area contributed by atoms with Gasteiger partial charge in [0.15, 0.2) is 5.17 Å². The Hall–Kier alpha value is -2.72. The highest BCUT2D eigenvalue weighted by Gasteiger charge is 2.36. The predicted octanol–water partition coefficient (Wildman–Crippen LogP) is 6.52. The summed E-state index contributed by atoms with van der Waals surface area (Å²) in [6.45, 7) is 4.69. The first kappa shape index (κ1) is 26.9. The SMILES string of the molecule is CCCCN1C(=O)CC(C(=O)Nc2ccc(OCC)cc2)SC1=Nc1ccc(Cl)c(C(F)(F)F)c1. The topological polar surface area (TPSA) is 71.0 Å². The summed E-state index contributed by atoms with van der Waals surface area (Å²) >= 11 is 6.76. The average Bonchev–Trinajstić information content (AvgIpc) is 2.80. The molecule has 1 heterocycles. The first-order valence-electron chi connectivity index (χ1n) is 11.1. The van der Waals surface area contributed by atoms with E-state index in [1.54, 1.807) is 24.3 Å². The quantitative estimate of drug-likeness (QED) is 0.424. The van der Waals surface area contributed by atoms with Crippen molar-refractivity contribution in [2.45, 2.75) is 44.5 Å². The fourth-order valence-electron chi connectivity index (χ4n) is 3.31. The molecule has 1 aliphatic rings. The molecule has 1 unspecified atom stereocenters. The average molecular weight is 528 g/mol. The molecule has 2 amide bonds. The van der Waals surface area contributed by atoms with Gasteiger partial charge in [-0.25, -0.2) is 4.99 Å². The molecule has 3 rings (SSSR count). The van der Waals surface area contributed by atoms with Crippen LogP contribution in [0.1, 0.15) is 38.7 Å². The second kappa shape index (κ2) is 11.8. The summed E-state index contributed by atoms with van der Waals surface area (Å²) in [5.74, 6) is -0.0508. The highest BCUT2D eigenvalue weighted by Crippen LogP contribution is 2.38. The Bertz CT molecular complexity index is 1090. The molecule has 0 bridgehead atoms. The normalized spacial score (nSPS) is 17.5. The summed E-state index contributed by atoms with van der Waals surface area (Å²) in [5, 5.41) is 1.72. The zero-order valence-electron chi connectivity index (χ0n) is 19.2. The van der Waals surface area contributed by atoms with Gasteiger partial charge in [0.05, 0.1) is 22.9 Å². The lowest BCUT2D eigenvalue weighted by atomic mass is 10.2. The number of hydrogen-bond acceptors (Lipinski definition) is 5. The van der Waals surface area contributed by atoms with Crippen LogP contribution in [0, 0.1) is 0 Å². The summed E-state index contributed by atoms with van der Waals surface area (Å²) in [5.41, 5.74) is -0.491. The van der Waals surface area contributed by atoms with Crippen LogP contribution < -0.4 is 10.1 Å². The molecule has 1 aliphatic heterocycles. The van der Waals surface area contributed by atoms with E-state index in [1.165, 1.54) is 11.0 Å². The standard InChI is InChI=1S/C24H25ClF3N3O3S/c1-3-5-12-31-21(32)14-20(22(33)29-15-6-9-17(10-7-15)34-4-2)35-23(31)30-16-8-11-19(25)18(13-16)24(26,27)28/h6-11,13,20H,3-5,12,14H2,1-2H3,(H,29,33). The Morgan fingerprint density at radius 2 is 1.94 bits per heavy atom. The number of halogens is 4. The molecule has 0 spiro atoms. The van der Waals surface area contributed by atoms with Crippen molar-refractivity contribution in [2.75, 3.05) is 18.5 Å². The van der Waals surface area contributed by atoms with Crippen LogP contribution in [0.5, 0.6) is 5.75 Å². The van der Waals surface area contributed by atoms with Gasteiger partial charge in [0.25, 0.3) is 0 Å². The molecule has 0 aromatic heterocycles. The molecule has 1 saturated heterocycles. The lowest BCUT2D eigenvalue weighted by Gasteiger charge is -2.31. The second-order valence-electron chi connectivity index (χ2n) is 7.71. The third-order valence-electron chi connectivity index (χ3n) is 5.08. The smallest absolute Gasteiger partial charge is 0.417 e. The van der Waals surface area contributed by atoms with Crippen LogP contribution in [-0.4, -0.2) is 40.3 Å². The lowest BCUT2D eigenvalue weighted by Crippen LogP contribution is -2.45. The molecule has 0 saturated carbocycles. The maximum Gasteiger partial charge on any atom is 0.417 e. The maximum absolute atomic E-state index is 13.3. The van der Waals surface area contributed by atoms with Gasteiger partial charge in [0, 0.05) is 18.7 Å². The van der Waals surface area contributed by atoms with Gasteiger partial charge >= 0.3 is 6.18 Å². The Morgan fingerprint density at radius 3 is 2.57 bits per heavy atom. The number of anilines is 1. The number of amidine groups is 1. The number of benzene rings is 2. The third kappa shape index (κ3) is 7.14. The van der Waals surface area contributed by atoms with Crippen LogP contribution in [-0.2, 0) is 15.8 Å². The number of nitrogens with zero attached hydrogens (tertiary/aromatic N) is 2. The summed E-state index contributed by atoms with van der Waals surface area (Å²) in [7, 11) is 0. The highest BCUT2D eigenvalue weighted by molar-refractivity contribution is 8.15. The van der Waals surface area contributed by atoms with Crippen molar-refractivity contribution < 1.29 is 27.5 Å². The van der Waals surface area contributed by atoms with E-state index in [-0.39, 0.29) is 23.2 Å². The van der Waals surface area contributed by atoms with Crippen LogP contribution in [0.3, 0.4) is 0 Å². The molecule has 1 atom stereocenters. The van der Waals surface area contributed by atoms with Crippen molar-refractivity contribution in [3.05, 3.63) is 53.1 Å². The van der Waals surface area contributed by atoms with Gasteiger partial charge in [-0.05, 0) is 55.8 Å². The van der Waals surface area contributed by atoms with E-state index >= 15 is 0 Å². The van der Waals surface area contributed by atoms with E-state index in [9.17, 15) is 22.8 Å². The monoisotopic (exact) mass is 527 g/mol. The lowest BCUT2D eigenvalue weighted by molar-refractivity contribution is -0.137. The van der Waals surface area contributed by atoms with Gasteiger partial charge in [-0.2, -0.15) is 13.2 Å². The van der Waals surface area contributed by atoms with Crippen LogP contribution in [0.15, 0.2) is 47.5 Å². The number of rotatable bonds is 8. The Balaban J connectivity index is 1.85. The molecule has 1 N–H and O–H groups in total. The fourth-order valence-corrected chi connectivity index (χ4v) is 4.66. The Kier molecular flexibility index (Phi) is 9.07. The molecule has 2 aromatic rings. The summed E-state index contributed by atoms with van der Waals surface area (Å²) < 4.78 is 45.3. The number of alkyl halides is 3. The minimum atomic E-state index is -4.65. The first-order chi connectivity index (χ1) is 16.6. The Labute approximate surface area is 210 Å². The van der Waals surface area contributed by atoms with Crippen LogP contribution >= 0.6 is 23.4 Å². The van der Waals surface area contributed by atoms with Crippen molar-refractivity contribution in [3.8, 4) is 5.75 Å². The van der Waals surface area contributed by atoms with Crippen molar-refractivity contribution in [2.24, 2.45) is 4.99 Å². The number of carbonyl (C=O) groups excluding carboxylic acids is 2. The summed E-state index contributed by atoms with van der Waals surface area (Å²) in [6.07, 6.45) is -3.21. The molecule has 6 nitrogen and oxygen atoms in total. The molecule has 1 fully saturated rings. The molecule has 35 heavy (non-hydrogen) atoms. The molecular weight excluding hydrogens is 503 g/mol. The zero-order chi connectivity index (χ0) is 25.6. The number of unbranched alkanes of at least 4 members (excludes halogenated alkanes) is 1. The number of nitrogens with one attached hydrogen (secondary N) is 1. The van der Waals surface area contributed by atoms with Crippen LogP contribution in [0.25, 0.3) is 0 Å². The van der Waals surface area contributed by atoms with E-state index in [1.807, 2.05) is 13.8 Å². The van der Waals surface area contributed by atoms with Gasteiger partial charge in [0.2, 0.25) is 11.8 Å². The first-order valence-corrected chi connectivity index (χ1v) is 12.3. The molecule has 2 aromatic carbocycles. The number of carbonyl (C=O) groups is 2. The van der Waals surface area contributed by atoms with E-state index < -0.39 is 27.9 Å². The van der Waals surface area contributed by atoms with E-state index in [0.29, 0.717) is 31.0 Å². The van der Waals surface area contributed by atoms with Gasteiger partial charge in [-0.3, -0.25) is 14.5 Å². The maximum atomic E-state index is 13.3. The van der Waals surface area contributed by atoms with E-state index in [4.69, 9.17) is 16.3 Å². The van der Waals surface area contributed by atoms with E-state index in [0.717, 1.165) is 30.3 Å². The third-order valence-corrected chi connectivity index (χ3v) is 6.60. The van der Waals surface area contributed by atoms with Crippen molar-refractivity contribution >= 4 is 51.7 Å². The van der Waals surface area contributed by atoms with Crippen molar-refractivity contribution in [3.63, 3.8) is 0 Å². The fraction of sp³-hybridized carbons (Fsp3) is 0.375. The second-order valence-corrected chi connectivity index (χ2v) is 9.29. The van der Waals surface area contributed by atoms with Gasteiger partial charge in [-0.15, -0.1) is 0 Å². The van der Waals surface area contributed by atoms with Crippen molar-refractivity contribution in [1.29, 1.82) is 0 Å². The van der Waals surface area contributed by atoms with Crippen LogP contribution in [0.2, 0.25) is 5.02 Å². The number of amides is 2. The minimum Gasteiger partial charge on any atom is -0.494 e. The molecule has 11 heteroatoms. The summed E-state index contributed by atoms with van der Waals surface area (Å²) in [6, 6.07) is 10.1. The number of aliphatic imine (C=N–C) groups is 1. The summed E-state index contributed by atoms with van der Waals surface area (Å²) in [4.78, 5) is 31.6. The molecule has 188 valence electrons. The largest absolute Gasteiger partial charge is 0.494 e. The van der Waals surface area contributed by atoms with Crippen LogP contribution in [0.4, 0.5) is 24.5 Å². The van der Waals surface area contributed by atoms with Gasteiger partial charge in [0.1, 0.15) is 11.0 Å². The van der Waals surface area contributed by atoms with Crippen molar-refractivity contribution in [1.82, 2.24) is 4.90 Å². The Morgan fingerprint density at radius 1 is 1.23 bits per heavy atom. The highest BCUT2D eigenvalue weighted by atomic mass is 35.5. The zero-order valence-corrected chi connectivity index (χ0v) is 20.8. The number of ether oxygens (including phenoxy) is 1. The van der Waals surface area contributed by atoms with Gasteiger partial charge in [-0.1, -0.05) is 36.7 Å². The van der Waals surface area contributed by atoms with Gasteiger partial charge < -0.3 is 10.1 Å². The molecular formula is C24H25ClF3N3O3S. The minimum absolute atomic E-state index is 0.00825. The number of thioether (sulfide) groups is 1. The molecule has 0 radical (unpaired) electrons. The molecule has 0 aliphatic carbocycles. The predicted molar refractivity (Wildman–Crippen MR) is 132 cm³/mol. The number of hydrogen-bond donors (Lipinski definition) is 1. The van der Waals surface area contributed by atoms with E-state index in [2.05, 4.69) is 10.3 Å².